The SMILES string of the molecule is COc1ccc(F)cc1C[n+]1ccn(CCCCCCCCCCCC(F)(F)C(F)(F)C(F)(F)C(F)(F)F)c1C.[Br-]. The first-order valence-corrected chi connectivity index (χ1v) is 13.1. The summed E-state index contributed by atoms with van der Waals surface area (Å²) in [5, 5.41) is 0. The molecule has 3 nitrogen and oxygen atoms in total. The zero-order valence-electron chi connectivity index (χ0n) is 22.8. The lowest BCUT2D eigenvalue weighted by atomic mass is 9.97. The van der Waals surface area contributed by atoms with E-state index in [2.05, 4.69) is 4.57 Å². The van der Waals surface area contributed by atoms with E-state index < -0.39 is 36.8 Å². The molecule has 0 fully saturated rings. The second-order valence-electron chi connectivity index (χ2n) is 9.91. The third kappa shape index (κ3) is 9.51. The summed E-state index contributed by atoms with van der Waals surface area (Å²) in [6.07, 6.45) is 0.150. The minimum absolute atomic E-state index is 0. The molecule has 41 heavy (non-hydrogen) atoms. The normalized spacial score (nSPS) is 12.9. The van der Waals surface area contributed by atoms with Gasteiger partial charge in [0.2, 0.25) is 0 Å². The average Bonchev–Trinajstić information content (AvgIpc) is 3.20. The van der Waals surface area contributed by atoms with E-state index in [1.165, 1.54) is 19.2 Å². The Morgan fingerprint density at radius 3 is 1.85 bits per heavy atom. The van der Waals surface area contributed by atoms with Crippen LogP contribution >= 0.6 is 0 Å². The Hall–Kier alpha value is -1.99. The topological polar surface area (TPSA) is 18.0 Å². The maximum Gasteiger partial charge on any atom is 0.460 e. The van der Waals surface area contributed by atoms with E-state index in [1.807, 2.05) is 23.9 Å². The zero-order chi connectivity index (χ0) is 30.2. The molecule has 0 unspecified atom stereocenters. The number of ether oxygens (including phenoxy) is 1. The molecule has 1 aromatic carbocycles. The zero-order valence-corrected chi connectivity index (χ0v) is 24.4. The predicted octanol–water partition coefficient (Wildman–Crippen LogP) is 5.65. The Bertz CT molecular complexity index is 1070. The quantitative estimate of drug-likeness (QED) is 0.121. The van der Waals surface area contributed by atoms with Gasteiger partial charge in [-0.25, -0.2) is 13.5 Å². The Morgan fingerprint density at radius 1 is 0.780 bits per heavy atom. The molecule has 14 heteroatoms. The number of nitrogens with zero attached hydrogens (tertiary/aromatic N) is 2. The highest BCUT2D eigenvalue weighted by Crippen LogP contribution is 2.54. The van der Waals surface area contributed by atoms with Crippen molar-refractivity contribution in [2.45, 2.75) is 108 Å². The van der Waals surface area contributed by atoms with E-state index in [9.17, 15) is 43.9 Å². The first kappa shape index (κ1) is 37.0. The molecule has 2 rings (SSSR count). The number of unbranched alkanes of at least 4 members (excludes halogenated alkanes) is 8. The lowest BCUT2D eigenvalue weighted by Crippen LogP contribution is -3.00. The van der Waals surface area contributed by atoms with E-state index in [0.717, 1.165) is 50.0 Å². The molecule has 0 bridgehead atoms. The Labute approximate surface area is 243 Å². The summed E-state index contributed by atoms with van der Waals surface area (Å²) in [4.78, 5) is 0. The Kier molecular flexibility index (Phi) is 14.0. The van der Waals surface area contributed by atoms with Crippen LogP contribution in [0.2, 0.25) is 0 Å². The van der Waals surface area contributed by atoms with Crippen LogP contribution in [-0.2, 0) is 13.1 Å². The summed E-state index contributed by atoms with van der Waals surface area (Å²) >= 11 is 0. The molecule has 1 heterocycles. The maximum absolute atomic E-state index is 13.6. The predicted molar refractivity (Wildman–Crippen MR) is 128 cm³/mol. The second kappa shape index (κ2) is 15.5. The van der Waals surface area contributed by atoms with Gasteiger partial charge in [-0.3, -0.25) is 0 Å². The molecular formula is C27H35BrF10N2O. The second-order valence-corrected chi connectivity index (χ2v) is 9.91. The van der Waals surface area contributed by atoms with Gasteiger partial charge in [0.15, 0.2) is 0 Å². The smallest absolute Gasteiger partial charge is 0.460 e. The van der Waals surface area contributed by atoms with Crippen molar-refractivity contribution in [1.82, 2.24) is 4.57 Å². The third-order valence-corrected chi connectivity index (χ3v) is 6.94. The molecule has 0 N–H and O–H groups in total. The van der Waals surface area contributed by atoms with E-state index in [4.69, 9.17) is 4.74 Å². The molecule has 0 amide bonds. The molecule has 0 aliphatic heterocycles. The van der Waals surface area contributed by atoms with E-state index in [0.29, 0.717) is 25.1 Å². The van der Waals surface area contributed by atoms with Gasteiger partial charge < -0.3 is 21.7 Å². The summed E-state index contributed by atoms with van der Waals surface area (Å²) in [5.41, 5.74) is 0.725. The molecule has 2 aromatic rings. The number of aryl methyl sites for hydroxylation is 1. The Morgan fingerprint density at radius 2 is 1.32 bits per heavy atom. The summed E-state index contributed by atoms with van der Waals surface area (Å²) in [6.45, 7) is 3.20. The van der Waals surface area contributed by atoms with Crippen LogP contribution in [-0.4, -0.2) is 35.6 Å². The van der Waals surface area contributed by atoms with Crippen LogP contribution in [0.15, 0.2) is 30.6 Å². The van der Waals surface area contributed by atoms with Crippen molar-refractivity contribution in [3.63, 3.8) is 0 Å². The van der Waals surface area contributed by atoms with Crippen molar-refractivity contribution in [2.75, 3.05) is 7.11 Å². The number of hydrogen-bond acceptors (Lipinski definition) is 1. The molecule has 0 saturated heterocycles. The number of rotatable bonds is 17. The number of benzene rings is 1. The minimum atomic E-state index is -6.82. The highest BCUT2D eigenvalue weighted by atomic mass is 79.9. The minimum Gasteiger partial charge on any atom is -1.00 e. The largest absolute Gasteiger partial charge is 1.00 e. The molecule has 1 aromatic heterocycles. The van der Waals surface area contributed by atoms with E-state index in [1.54, 1.807) is 6.07 Å². The standard InChI is InChI=1S/C27H35F10N2O.BrH/c1-20-38(16-17-39(20)19-21-18-22(28)12-13-23(21)40-2)15-11-9-7-5-3-4-6-8-10-14-24(29,30)25(31,32)26(33,34)27(35,36)37;/h12-13,16-18H,3-11,14-15,19H2,1-2H3;1H/q+1;/p-1. The van der Waals surface area contributed by atoms with Crippen LogP contribution < -0.4 is 26.3 Å². The lowest BCUT2D eigenvalue weighted by molar-refractivity contribution is -0.694. The summed E-state index contributed by atoms with van der Waals surface area (Å²) < 4.78 is 139. The van der Waals surface area contributed by atoms with Crippen LogP contribution in [0.4, 0.5) is 43.9 Å². The monoisotopic (exact) mass is 672 g/mol. The number of aromatic nitrogens is 2. The van der Waals surface area contributed by atoms with Gasteiger partial charge in [-0.05, 0) is 37.5 Å². The van der Waals surface area contributed by atoms with Crippen LogP contribution in [0, 0.1) is 12.7 Å². The van der Waals surface area contributed by atoms with Gasteiger partial charge in [0.05, 0.1) is 13.7 Å². The van der Waals surface area contributed by atoms with Gasteiger partial charge >= 0.3 is 23.9 Å². The number of hydrogen-bond donors (Lipinski definition) is 0. The van der Waals surface area contributed by atoms with Crippen molar-refractivity contribution in [1.29, 1.82) is 0 Å². The maximum atomic E-state index is 13.6. The molecule has 236 valence electrons. The fourth-order valence-electron chi connectivity index (χ4n) is 4.43. The summed E-state index contributed by atoms with van der Waals surface area (Å²) in [5.74, 6) is -17.6. The fourth-order valence-corrected chi connectivity index (χ4v) is 4.43. The number of halogens is 11. The first-order valence-electron chi connectivity index (χ1n) is 13.1. The summed E-state index contributed by atoms with van der Waals surface area (Å²) in [6, 6.07) is 4.37. The van der Waals surface area contributed by atoms with Crippen molar-refractivity contribution in [3.8, 4) is 5.75 Å². The van der Waals surface area contributed by atoms with Crippen molar-refractivity contribution >= 4 is 0 Å². The van der Waals surface area contributed by atoms with E-state index >= 15 is 0 Å². The van der Waals surface area contributed by atoms with Crippen LogP contribution in [0.3, 0.4) is 0 Å². The molecular weight excluding hydrogens is 638 g/mol. The molecule has 0 saturated carbocycles. The molecule has 0 atom stereocenters. The van der Waals surface area contributed by atoms with Crippen LogP contribution in [0.5, 0.6) is 5.75 Å². The fraction of sp³-hybridized carbons (Fsp3) is 0.667. The van der Waals surface area contributed by atoms with Crippen molar-refractivity contribution in [2.24, 2.45) is 0 Å². The van der Waals surface area contributed by atoms with Gasteiger partial charge in [0, 0.05) is 18.9 Å². The van der Waals surface area contributed by atoms with Gasteiger partial charge in [0.1, 0.15) is 30.5 Å². The highest BCUT2D eigenvalue weighted by molar-refractivity contribution is 5.33. The first-order chi connectivity index (χ1) is 18.5. The van der Waals surface area contributed by atoms with Gasteiger partial charge in [0.25, 0.3) is 5.82 Å². The van der Waals surface area contributed by atoms with Crippen LogP contribution in [0.1, 0.15) is 75.6 Å². The summed E-state index contributed by atoms with van der Waals surface area (Å²) in [7, 11) is 1.53. The van der Waals surface area contributed by atoms with Crippen molar-refractivity contribution < 1.29 is 70.2 Å². The van der Waals surface area contributed by atoms with Gasteiger partial charge in [-0.2, -0.15) is 39.5 Å². The van der Waals surface area contributed by atoms with Crippen molar-refractivity contribution in [3.05, 3.63) is 47.8 Å². The average molecular weight is 673 g/mol. The molecule has 0 radical (unpaired) electrons. The van der Waals surface area contributed by atoms with Crippen LogP contribution in [0.25, 0.3) is 0 Å². The Balaban J connectivity index is 0.00000840. The number of methoxy groups -OCH3 is 1. The number of imidazole rings is 1. The highest BCUT2D eigenvalue weighted by Gasteiger charge is 2.81. The molecule has 0 aliphatic carbocycles. The van der Waals surface area contributed by atoms with Gasteiger partial charge in [-0.1, -0.05) is 38.5 Å². The lowest BCUT2D eigenvalue weighted by Gasteiger charge is -2.33. The van der Waals surface area contributed by atoms with E-state index in [-0.39, 0.29) is 29.2 Å². The number of alkyl halides is 9. The third-order valence-electron chi connectivity index (χ3n) is 6.94. The molecule has 0 aliphatic rings. The molecule has 0 spiro atoms. The van der Waals surface area contributed by atoms with Gasteiger partial charge in [-0.15, -0.1) is 0 Å².